The summed E-state index contributed by atoms with van der Waals surface area (Å²) in [5, 5.41) is 10.8. The highest BCUT2D eigenvalue weighted by Gasteiger charge is 2.19. The molecule has 4 rings (SSSR count). The fraction of sp³-hybridized carbons (Fsp3) is 0.269. The zero-order chi connectivity index (χ0) is 22.3. The molecule has 1 aliphatic heterocycles. The molecule has 1 saturated heterocycles. The fourth-order valence-electron chi connectivity index (χ4n) is 4.14. The normalized spacial score (nSPS) is 14.9. The lowest BCUT2D eigenvalue weighted by molar-refractivity contribution is -0.384. The highest BCUT2D eigenvalue weighted by Crippen LogP contribution is 2.25. The van der Waals surface area contributed by atoms with Crippen molar-refractivity contribution in [3.8, 4) is 11.1 Å². The Morgan fingerprint density at radius 3 is 2.12 bits per heavy atom. The average Bonchev–Trinajstić information content (AvgIpc) is 2.84. The minimum absolute atomic E-state index is 0.00603. The molecule has 6 heteroatoms. The number of carbonyl (C=O) groups is 1. The summed E-state index contributed by atoms with van der Waals surface area (Å²) in [6, 6.07) is 24.9. The van der Waals surface area contributed by atoms with Crippen LogP contribution in [0.2, 0.25) is 0 Å². The molecule has 0 atom stereocenters. The quantitative estimate of drug-likeness (QED) is 0.296. The number of nitro benzene ring substituents is 1. The summed E-state index contributed by atoms with van der Waals surface area (Å²) in [6.07, 6.45) is 0.425. The average molecular weight is 430 g/mol. The molecule has 6 nitrogen and oxygen atoms in total. The van der Waals surface area contributed by atoms with Gasteiger partial charge in [-0.05, 0) is 28.8 Å². The van der Waals surface area contributed by atoms with Gasteiger partial charge in [0.05, 0.1) is 4.92 Å². The summed E-state index contributed by atoms with van der Waals surface area (Å²) in [5.74, 6) is 0.0270. The maximum Gasteiger partial charge on any atom is 0.269 e. The molecule has 1 fully saturated rings. The standard InChI is InChI=1S/C26H27N3O3/c30-26(22-10-12-24(13-11-22)29(31)32)14-15-27-16-18-28(19-17-27)20-23-8-4-5-9-25(23)21-6-2-1-3-7-21/h1-13H,14-20H2. The van der Waals surface area contributed by atoms with Gasteiger partial charge in [0.2, 0.25) is 0 Å². The Morgan fingerprint density at radius 1 is 0.812 bits per heavy atom. The van der Waals surface area contributed by atoms with E-state index in [-0.39, 0.29) is 11.5 Å². The molecule has 164 valence electrons. The van der Waals surface area contributed by atoms with Gasteiger partial charge in [-0.15, -0.1) is 0 Å². The number of nitrogens with zero attached hydrogens (tertiary/aromatic N) is 3. The number of hydrogen-bond donors (Lipinski definition) is 0. The van der Waals surface area contributed by atoms with Crippen molar-refractivity contribution in [3.63, 3.8) is 0 Å². The van der Waals surface area contributed by atoms with Gasteiger partial charge in [0, 0.05) is 63.4 Å². The van der Waals surface area contributed by atoms with E-state index in [9.17, 15) is 14.9 Å². The van der Waals surface area contributed by atoms with Gasteiger partial charge in [-0.3, -0.25) is 19.8 Å². The molecule has 0 unspecified atom stereocenters. The molecule has 0 aliphatic carbocycles. The Bertz CT molecular complexity index is 1060. The van der Waals surface area contributed by atoms with Crippen LogP contribution in [0.4, 0.5) is 5.69 Å². The van der Waals surface area contributed by atoms with E-state index in [2.05, 4.69) is 58.3 Å². The molecule has 0 spiro atoms. The third-order valence-electron chi connectivity index (χ3n) is 6.02. The topological polar surface area (TPSA) is 66.7 Å². The molecule has 3 aromatic rings. The van der Waals surface area contributed by atoms with Gasteiger partial charge in [-0.25, -0.2) is 0 Å². The molecule has 0 aromatic heterocycles. The number of rotatable bonds is 8. The molecule has 0 N–H and O–H groups in total. The molecule has 0 radical (unpaired) electrons. The third kappa shape index (κ3) is 5.46. The molecule has 0 amide bonds. The van der Waals surface area contributed by atoms with Crippen LogP contribution >= 0.6 is 0 Å². The van der Waals surface area contributed by atoms with E-state index < -0.39 is 4.92 Å². The summed E-state index contributed by atoms with van der Waals surface area (Å²) < 4.78 is 0. The SMILES string of the molecule is O=C(CCN1CCN(Cc2ccccc2-c2ccccc2)CC1)c1ccc([N+](=O)[O-])cc1. The smallest absolute Gasteiger partial charge is 0.269 e. The van der Waals surface area contributed by atoms with Crippen molar-refractivity contribution >= 4 is 11.5 Å². The van der Waals surface area contributed by atoms with Crippen LogP contribution in [0.5, 0.6) is 0 Å². The lowest BCUT2D eigenvalue weighted by Crippen LogP contribution is -2.46. The predicted octanol–water partition coefficient (Wildman–Crippen LogP) is 4.65. The predicted molar refractivity (Wildman–Crippen MR) is 126 cm³/mol. The van der Waals surface area contributed by atoms with Crippen molar-refractivity contribution in [1.82, 2.24) is 9.80 Å². The zero-order valence-corrected chi connectivity index (χ0v) is 18.0. The number of nitro groups is 1. The first-order valence-corrected chi connectivity index (χ1v) is 11.0. The van der Waals surface area contributed by atoms with Gasteiger partial charge >= 0.3 is 0 Å². The summed E-state index contributed by atoms with van der Waals surface area (Å²) in [6.45, 7) is 5.43. The second kappa shape index (κ2) is 10.3. The van der Waals surface area contributed by atoms with E-state index in [0.717, 1.165) is 32.7 Å². The number of ketones is 1. The number of Topliss-reactive ketones (excluding diaryl/α,β-unsaturated/α-hetero) is 1. The second-order valence-electron chi connectivity index (χ2n) is 8.12. The Balaban J connectivity index is 1.27. The Morgan fingerprint density at radius 2 is 1.44 bits per heavy atom. The Kier molecular flexibility index (Phi) is 7.04. The number of hydrogen-bond acceptors (Lipinski definition) is 5. The van der Waals surface area contributed by atoms with Crippen LogP contribution in [-0.4, -0.2) is 53.2 Å². The van der Waals surface area contributed by atoms with Crippen molar-refractivity contribution in [1.29, 1.82) is 0 Å². The largest absolute Gasteiger partial charge is 0.300 e. The van der Waals surface area contributed by atoms with Crippen LogP contribution in [-0.2, 0) is 6.54 Å². The van der Waals surface area contributed by atoms with E-state index in [1.807, 2.05) is 6.07 Å². The van der Waals surface area contributed by atoms with Crippen LogP contribution in [0.15, 0.2) is 78.9 Å². The summed E-state index contributed by atoms with van der Waals surface area (Å²) >= 11 is 0. The van der Waals surface area contributed by atoms with E-state index in [1.165, 1.54) is 28.8 Å². The van der Waals surface area contributed by atoms with Crippen molar-refractivity contribution < 1.29 is 9.72 Å². The monoisotopic (exact) mass is 429 g/mol. The maximum absolute atomic E-state index is 12.4. The first-order chi connectivity index (χ1) is 15.6. The summed E-state index contributed by atoms with van der Waals surface area (Å²) in [7, 11) is 0. The van der Waals surface area contributed by atoms with E-state index in [1.54, 1.807) is 12.1 Å². The number of benzene rings is 3. The van der Waals surface area contributed by atoms with E-state index in [4.69, 9.17) is 0 Å². The summed E-state index contributed by atoms with van der Waals surface area (Å²) in [5.41, 5.74) is 4.40. The van der Waals surface area contributed by atoms with Crippen LogP contribution in [0.1, 0.15) is 22.3 Å². The second-order valence-corrected chi connectivity index (χ2v) is 8.12. The van der Waals surface area contributed by atoms with Crippen LogP contribution < -0.4 is 0 Å². The number of piperazine rings is 1. The van der Waals surface area contributed by atoms with Gasteiger partial charge in [-0.1, -0.05) is 54.6 Å². The lowest BCUT2D eigenvalue weighted by Gasteiger charge is -2.35. The zero-order valence-electron chi connectivity index (χ0n) is 18.0. The van der Waals surface area contributed by atoms with Gasteiger partial charge < -0.3 is 4.90 Å². The van der Waals surface area contributed by atoms with Gasteiger partial charge in [0.1, 0.15) is 0 Å². The molecule has 0 bridgehead atoms. The highest BCUT2D eigenvalue weighted by atomic mass is 16.6. The molecular weight excluding hydrogens is 402 g/mol. The minimum Gasteiger partial charge on any atom is -0.300 e. The van der Waals surface area contributed by atoms with Crippen molar-refractivity contribution in [2.24, 2.45) is 0 Å². The third-order valence-corrected chi connectivity index (χ3v) is 6.02. The fourth-order valence-corrected chi connectivity index (χ4v) is 4.14. The van der Waals surface area contributed by atoms with Gasteiger partial charge in [-0.2, -0.15) is 0 Å². The van der Waals surface area contributed by atoms with E-state index >= 15 is 0 Å². The highest BCUT2D eigenvalue weighted by molar-refractivity contribution is 5.96. The van der Waals surface area contributed by atoms with Gasteiger partial charge in [0.25, 0.3) is 5.69 Å². The van der Waals surface area contributed by atoms with Crippen LogP contribution in [0, 0.1) is 10.1 Å². The molecular formula is C26H27N3O3. The van der Waals surface area contributed by atoms with Crippen LogP contribution in [0.3, 0.4) is 0 Å². The molecule has 1 heterocycles. The minimum atomic E-state index is -0.452. The number of carbonyl (C=O) groups excluding carboxylic acids is 1. The molecule has 0 saturated carbocycles. The maximum atomic E-state index is 12.4. The Hall–Kier alpha value is -3.35. The molecule has 32 heavy (non-hydrogen) atoms. The van der Waals surface area contributed by atoms with Crippen LogP contribution in [0.25, 0.3) is 11.1 Å². The van der Waals surface area contributed by atoms with E-state index in [0.29, 0.717) is 18.5 Å². The first kappa shape index (κ1) is 21.9. The lowest BCUT2D eigenvalue weighted by atomic mass is 9.99. The van der Waals surface area contributed by atoms with Gasteiger partial charge in [0.15, 0.2) is 5.78 Å². The molecule has 3 aromatic carbocycles. The Labute approximate surface area is 188 Å². The first-order valence-electron chi connectivity index (χ1n) is 11.0. The van der Waals surface area contributed by atoms with Crippen molar-refractivity contribution in [2.75, 3.05) is 32.7 Å². The summed E-state index contributed by atoms with van der Waals surface area (Å²) in [4.78, 5) is 27.5. The number of non-ortho nitro benzene ring substituents is 1. The molecule has 1 aliphatic rings. The van der Waals surface area contributed by atoms with Crippen molar-refractivity contribution in [3.05, 3.63) is 100 Å². The van der Waals surface area contributed by atoms with Crippen molar-refractivity contribution in [2.45, 2.75) is 13.0 Å².